The molecule has 0 saturated carbocycles. The largest absolute Gasteiger partial charge is 0.462 e. The molecular formula is C62H105NO5. The van der Waals surface area contributed by atoms with Crippen LogP contribution in [0.5, 0.6) is 0 Å². The lowest BCUT2D eigenvalue weighted by Gasteiger charge is -2.24. The fourth-order valence-electron chi connectivity index (χ4n) is 7.94. The van der Waals surface area contributed by atoms with Crippen molar-refractivity contribution in [1.82, 2.24) is 5.32 Å². The SMILES string of the molecule is CC/C=C\C/C=C\C/C=C\C/C=C\C/C=C\CCCC(CC(=O)NC(CO)C(O)CCCCCCCCCCCCCCCC)OC(=O)CCCCCCC/C=C/C=C/C=C/C=C/CCCCC. The van der Waals surface area contributed by atoms with Gasteiger partial charge >= 0.3 is 5.97 Å². The molecule has 388 valence electrons. The van der Waals surface area contributed by atoms with Crippen molar-refractivity contribution in [3.05, 3.63) is 109 Å². The Morgan fingerprint density at radius 3 is 1.38 bits per heavy atom. The second kappa shape index (κ2) is 54.5. The maximum atomic E-state index is 13.3. The van der Waals surface area contributed by atoms with E-state index in [-0.39, 0.29) is 24.9 Å². The third-order valence-electron chi connectivity index (χ3n) is 12.2. The molecule has 0 heterocycles. The molecule has 0 rings (SSSR count). The van der Waals surface area contributed by atoms with Gasteiger partial charge in [0.1, 0.15) is 6.10 Å². The molecule has 0 spiro atoms. The Balaban J connectivity index is 4.75. The molecule has 3 unspecified atom stereocenters. The van der Waals surface area contributed by atoms with Crippen LogP contribution in [0.1, 0.15) is 245 Å². The highest BCUT2D eigenvalue weighted by Gasteiger charge is 2.24. The first-order chi connectivity index (χ1) is 33.5. The highest BCUT2D eigenvalue weighted by atomic mass is 16.5. The molecule has 0 radical (unpaired) electrons. The van der Waals surface area contributed by atoms with Gasteiger partial charge in [0, 0.05) is 6.42 Å². The van der Waals surface area contributed by atoms with Gasteiger partial charge in [0.05, 0.1) is 25.2 Å². The summed E-state index contributed by atoms with van der Waals surface area (Å²) in [4.78, 5) is 26.3. The molecule has 68 heavy (non-hydrogen) atoms. The molecule has 0 aliphatic rings. The third kappa shape index (κ3) is 49.0. The van der Waals surface area contributed by atoms with E-state index in [0.717, 1.165) is 109 Å². The summed E-state index contributed by atoms with van der Waals surface area (Å²) in [5, 5.41) is 23.8. The summed E-state index contributed by atoms with van der Waals surface area (Å²) in [6, 6.07) is -0.733. The topological polar surface area (TPSA) is 95.9 Å². The van der Waals surface area contributed by atoms with Crippen LogP contribution >= 0.6 is 0 Å². The lowest BCUT2D eigenvalue weighted by molar-refractivity contribution is -0.151. The summed E-state index contributed by atoms with van der Waals surface area (Å²) in [5.41, 5.74) is 0. The van der Waals surface area contributed by atoms with Crippen molar-refractivity contribution in [2.75, 3.05) is 6.61 Å². The lowest BCUT2D eigenvalue weighted by Crippen LogP contribution is -2.46. The van der Waals surface area contributed by atoms with Gasteiger partial charge in [-0.3, -0.25) is 9.59 Å². The number of amides is 1. The predicted molar refractivity (Wildman–Crippen MR) is 296 cm³/mol. The first-order valence-corrected chi connectivity index (χ1v) is 28.2. The van der Waals surface area contributed by atoms with Crippen LogP contribution in [0.15, 0.2) is 109 Å². The molecule has 0 saturated heterocycles. The second-order valence-corrected chi connectivity index (χ2v) is 18.7. The van der Waals surface area contributed by atoms with Crippen LogP contribution in [-0.4, -0.2) is 46.9 Å². The van der Waals surface area contributed by atoms with Crippen LogP contribution in [0.4, 0.5) is 0 Å². The average molecular weight is 945 g/mol. The molecule has 3 atom stereocenters. The van der Waals surface area contributed by atoms with Crippen LogP contribution in [0.25, 0.3) is 0 Å². The van der Waals surface area contributed by atoms with E-state index in [2.05, 4.69) is 135 Å². The number of allylic oxidation sites excluding steroid dienone is 18. The molecule has 0 fully saturated rings. The van der Waals surface area contributed by atoms with Gasteiger partial charge in [-0.15, -0.1) is 0 Å². The summed E-state index contributed by atoms with van der Waals surface area (Å²) < 4.78 is 5.92. The second-order valence-electron chi connectivity index (χ2n) is 18.7. The van der Waals surface area contributed by atoms with Crippen molar-refractivity contribution in [2.24, 2.45) is 0 Å². The summed E-state index contributed by atoms with van der Waals surface area (Å²) in [5.74, 6) is -0.562. The van der Waals surface area contributed by atoms with E-state index in [9.17, 15) is 19.8 Å². The number of unbranched alkanes of at least 4 members (excludes halogenated alkanes) is 22. The zero-order valence-corrected chi connectivity index (χ0v) is 44.2. The van der Waals surface area contributed by atoms with Crippen LogP contribution in [0, 0.1) is 0 Å². The number of nitrogens with one attached hydrogen (secondary N) is 1. The molecular weight excluding hydrogens is 839 g/mol. The number of rotatable bonds is 49. The smallest absolute Gasteiger partial charge is 0.306 e. The molecule has 6 heteroatoms. The Kier molecular flexibility index (Phi) is 51.7. The summed E-state index contributed by atoms with van der Waals surface area (Å²) >= 11 is 0. The Bertz CT molecular complexity index is 1380. The number of ether oxygens (including phenoxy) is 1. The van der Waals surface area contributed by atoms with Crippen molar-refractivity contribution in [2.45, 2.75) is 264 Å². The van der Waals surface area contributed by atoms with Gasteiger partial charge < -0.3 is 20.3 Å². The highest BCUT2D eigenvalue weighted by molar-refractivity contribution is 5.77. The van der Waals surface area contributed by atoms with Gasteiger partial charge in [0.15, 0.2) is 0 Å². The summed E-state index contributed by atoms with van der Waals surface area (Å²) in [7, 11) is 0. The minimum atomic E-state index is -0.815. The standard InChI is InChI=1S/C62H105NO5/c1-4-7-10-13-16-19-22-25-28-30-32-34-37-40-43-46-49-52-55-62(67)68-58(53-50-47-44-41-38-35-33-31-29-26-23-20-17-14-11-8-5-2)56-61(66)63-59(57-64)60(65)54-51-48-45-42-39-36-27-24-21-18-15-12-9-6-3/h8,11,16-17,19-20,22,25-26,28-30,32-35,41,44,58-60,64-65H,4-7,9-10,12-15,18,21,23-24,27,31,36-40,42-43,45-57H2,1-3H3,(H,63,66)/b11-8-,19-16+,20-17-,25-22+,29-26-,30-28+,34-32+,35-33-,44-41-. The number of esters is 1. The van der Waals surface area contributed by atoms with Crippen LogP contribution in [-0.2, 0) is 14.3 Å². The molecule has 0 aromatic rings. The van der Waals surface area contributed by atoms with E-state index in [4.69, 9.17) is 4.74 Å². The van der Waals surface area contributed by atoms with Gasteiger partial charge in [0.25, 0.3) is 0 Å². The molecule has 0 aromatic carbocycles. The highest BCUT2D eigenvalue weighted by Crippen LogP contribution is 2.17. The van der Waals surface area contributed by atoms with Crippen molar-refractivity contribution in [3.63, 3.8) is 0 Å². The monoisotopic (exact) mass is 944 g/mol. The van der Waals surface area contributed by atoms with Crippen molar-refractivity contribution < 1.29 is 24.5 Å². The fraction of sp³-hybridized carbons (Fsp3) is 0.677. The number of hydrogen-bond acceptors (Lipinski definition) is 5. The Labute approximate surface area is 419 Å². The van der Waals surface area contributed by atoms with Gasteiger partial charge in [-0.05, 0) is 89.9 Å². The molecule has 0 aliphatic heterocycles. The quantitative estimate of drug-likeness (QED) is 0.0244. The van der Waals surface area contributed by atoms with Gasteiger partial charge in [-0.25, -0.2) is 0 Å². The van der Waals surface area contributed by atoms with Gasteiger partial charge in [-0.2, -0.15) is 0 Å². The van der Waals surface area contributed by atoms with E-state index in [1.165, 1.54) is 89.9 Å². The van der Waals surface area contributed by atoms with Crippen LogP contribution in [0.2, 0.25) is 0 Å². The molecule has 6 nitrogen and oxygen atoms in total. The number of aliphatic hydroxyl groups excluding tert-OH is 2. The maximum Gasteiger partial charge on any atom is 0.306 e. The summed E-state index contributed by atoms with van der Waals surface area (Å²) in [6.07, 6.45) is 74.3. The van der Waals surface area contributed by atoms with Crippen LogP contribution in [0.3, 0.4) is 0 Å². The predicted octanol–water partition coefficient (Wildman–Crippen LogP) is 17.5. The normalized spacial score (nSPS) is 14.0. The van der Waals surface area contributed by atoms with Gasteiger partial charge in [-0.1, -0.05) is 252 Å². The van der Waals surface area contributed by atoms with E-state index >= 15 is 0 Å². The van der Waals surface area contributed by atoms with Crippen molar-refractivity contribution in [1.29, 1.82) is 0 Å². The fourth-order valence-corrected chi connectivity index (χ4v) is 7.94. The van der Waals surface area contributed by atoms with Crippen molar-refractivity contribution >= 4 is 11.9 Å². The third-order valence-corrected chi connectivity index (χ3v) is 12.2. The molecule has 0 bridgehead atoms. The minimum absolute atomic E-state index is 0.0225. The average Bonchev–Trinajstić information content (AvgIpc) is 3.33. The first kappa shape index (κ1) is 64.5. The Morgan fingerprint density at radius 1 is 0.456 bits per heavy atom. The zero-order chi connectivity index (χ0) is 49.5. The minimum Gasteiger partial charge on any atom is -0.462 e. The lowest BCUT2D eigenvalue weighted by atomic mass is 10.0. The van der Waals surface area contributed by atoms with E-state index in [1.807, 2.05) is 0 Å². The molecule has 3 N–H and O–H groups in total. The number of hydrogen-bond donors (Lipinski definition) is 3. The van der Waals surface area contributed by atoms with Gasteiger partial charge in [0.2, 0.25) is 5.91 Å². The molecule has 0 aliphatic carbocycles. The number of carbonyl (C=O) groups is 2. The number of carbonyl (C=O) groups excluding carboxylic acids is 2. The number of aliphatic hydroxyl groups is 2. The Morgan fingerprint density at radius 2 is 0.868 bits per heavy atom. The zero-order valence-electron chi connectivity index (χ0n) is 44.2. The van der Waals surface area contributed by atoms with E-state index in [1.54, 1.807) is 0 Å². The summed E-state index contributed by atoms with van der Waals surface area (Å²) in [6.45, 7) is 6.32. The Hall–Kier alpha value is -3.48. The maximum absolute atomic E-state index is 13.3. The molecule has 0 aromatic heterocycles. The van der Waals surface area contributed by atoms with E-state index < -0.39 is 18.2 Å². The molecule has 1 amide bonds. The first-order valence-electron chi connectivity index (χ1n) is 28.2. The van der Waals surface area contributed by atoms with E-state index in [0.29, 0.717) is 19.3 Å². The van der Waals surface area contributed by atoms with Crippen molar-refractivity contribution in [3.8, 4) is 0 Å². The van der Waals surface area contributed by atoms with Crippen LogP contribution < -0.4 is 5.32 Å².